The Morgan fingerprint density at radius 3 is 2.59 bits per heavy atom. The summed E-state index contributed by atoms with van der Waals surface area (Å²) in [5, 5.41) is 9.29. The molecule has 0 N–H and O–H groups in total. The monoisotopic (exact) mass is 296 g/mol. The van der Waals surface area contributed by atoms with Crippen LogP contribution in [0.4, 0.5) is 4.39 Å². The van der Waals surface area contributed by atoms with Crippen molar-refractivity contribution in [3.05, 3.63) is 34.1 Å². The molecular formula is C13H14BrFN2. The first-order valence-corrected chi connectivity index (χ1v) is 6.60. The fourth-order valence-corrected chi connectivity index (χ4v) is 2.62. The lowest BCUT2D eigenvalue weighted by Crippen LogP contribution is -2.33. The second-order valence-corrected chi connectivity index (χ2v) is 5.16. The number of nitriles is 1. The van der Waals surface area contributed by atoms with Crippen molar-refractivity contribution in [2.75, 3.05) is 13.1 Å². The van der Waals surface area contributed by atoms with Gasteiger partial charge in [-0.3, -0.25) is 4.90 Å². The molecule has 0 amide bonds. The molecule has 1 fully saturated rings. The molecule has 0 bridgehead atoms. The van der Waals surface area contributed by atoms with E-state index >= 15 is 0 Å². The molecule has 1 unspecified atom stereocenters. The molecule has 1 aromatic rings. The lowest BCUT2D eigenvalue weighted by Gasteiger charge is -2.30. The molecule has 2 nitrogen and oxygen atoms in total. The molecule has 17 heavy (non-hydrogen) atoms. The first-order valence-electron chi connectivity index (χ1n) is 5.81. The summed E-state index contributed by atoms with van der Waals surface area (Å²) in [5.74, 6) is -0.288. The van der Waals surface area contributed by atoms with E-state index in [1.807, 2.05) is 0 Å². The van der Waals surface area contributed by atoms with Crippen LogP contribution in [-0.2, 0) is 0 Å². The van der Waals surface area contributed by atoms with Crippen LogP contribution in [0, 0.1) is 17.1 Å². The van der Waals surface area contributed by atoms with Crippen LogP contribution in [0.25, 0.3) is 0 Å². The molecular weight excluding hydrogens is 283 g/mol. The van der Waals surface area contributed by atoms with Gasteiger partial charge in [0, 0.05) is 0 Å². The van der Waals surface area contributed by atoms with Crippen molar-refractivity contribution in [2.24, 2.45) is 0 Å². The minimum absolute atomic E-state index is 0.257. The second kappa shape index (κ2) is 5.61. The minimum Gasteiger partial charge on any atom is -0.284 e. The zero-order chi connectivity index (χ0) is 12.3. The topological polar surface area (TPSA) is 27.0 Å². The Labute approximate surface area is 109 Å². The highest BCUT2D eigenvalue weighted by Gasteiger charge is 2.22. The molecule has 1 aromatic carbocycles. The summed E-state index contributed by atoms with van der Waals surface area (Å²) in [7, 11) is 0. The van der Waals surface area contributed by atoms with Gasteiger partial charge in [0.05, 0.1) is 10.5 Å². The lowest BCUT2D eigenvalue weighted by atomic mass is 10.0. The molecule has 1 aliphatic rings. The molecule has 4 heteroatoms. The van der Waals surface area contributed by atoms with Gasteiger partial charge < -0.3 is 0 Å². The maximum absolute atomic E-state index is 13.2. The predicted molar refractivity (Wildman–Crippen MR) is 67.9 cm³/mol. The number of likely N-dealkylation sites (tertiary alicyclic amines) is 1. The van der Waals surface area contributed by atoms with Gasteiger partial charge in [0.25, 0.3) is 0 Å². The zero-order valence-corrected chi connectivity index (χ0v) is 11.1. The third-order valence-corrected chi connectivity index (χ3v) is 3.75. The maximum atomic E-state index is 13.2. The van der Waals surface area contributed by atoms with Gasteiger partial charge in [-0.15, -0.1) is 0 Å². The van der Waals surface area contributed by atoms with Crippen LogP contribution in [0.3, 0.4) is 0 Å². The summed E-state index contributed by atoms with van der Waals surface area (Å²) < 4.78 is 13.6. The van der Waals surface area contributed by atoms with E-state index in [-0.39, 0.29) is 11.9 Å². The van der Waals surface area contributed by atoms with E-state index < -0.39 is 0 Å². The van der Waals surface area contributed by atoms with Gasteiger partial charge in [-0.25, -0.2) is 4.39 Å². The summed E-state index contributed by atoms with van der Waals surface area (Å²) in [4.78, 5) is 2.17. The number of nitrogens with zero attached hydrogens (tertiary/aromatic N) is 2. The highest BCUT2D eigenvalue weighted by Crippen LogP contribution is 2.27. The van der Waals surface area contributed by atoms with Crippen molar-refractivity contribution < 1.29 is 4.39 Å². The summed E-state index contributed by atoms with van der Waals surface area (Å²) in [6.07, 6.45) is 3.52. The molecule has 90 valence electrons. The van der Waals surface area contributed by atoms with Crippen molar-refractivity contribution in [1.82, 2.24) is 4.90 Å². The Morgan fingerprint density at radius 1 is 1.29 bits per heavy atom. The molecule has 0 aromatic heterocycles. The third kappa shape index (κ3) is 2.85. The van der Waals surface area contributed by atoms with Gasteiger partial charge in [0.1, 0.15) is 11.9 Å². The fraction of sp³-hybridized carbons (Fsp3) is 0.462. The predicted octanol–water partition coefficient (Wildman–Crippen LogP) is 3.64. The quantitative estimate of drug-likeness (QED) is 0.833. The Morgan fingerprint density at radius 2 is 2.00 bits per heavy atom. The van der Waals surface area contributed by atoms with E-state index in [1.54, 1.807) is 12.1 Å². The summed E-state index contributed by atoms with van der Waals surface area (Å²) in [5.41, 5.74) is 0.864. The number of piperidine rings is 1. The molecule has 1 heterocycles. The fourth-order valence-electron chi connectivity index (χ4n) is 2.23. The number of hydrogen-bond acceptors (Lipinski definition) is 2. The van der Waals surface area contributed by atoms with Crippen LogP contribution < -0.4 is 0 Å². The van der Waals surface area contributed by atoms with Crippen molar-refractivity contribution >= 4 is 15.9 Å². The highest BCUT2D eigenvalue weighted by molar-refractivity contribution is 9.10. The van der Waals surface area contributed by atoms with E-state index in [9.17, 15) is 9.65 Å². The Hall–Kier alpha value is -0.920. The number of rotatable bonds is 2. The Bertz CT molecular complexity index is 436. The second-order valence-electron chi connectivity index (χ2n) is 4.30. The molecule has 1 saturated heterocycles. The molecule has 0 spiro atoms. The summed E-state index contributed by atoms with van der Waals surface area (Å²) in [6.45, 7) is 1.90. The van der Waals surface area contributed by atoms with Gasteiger partial charge >= 0.3 is 0 Å². The standard InChI is InChI=1S/C13H14BrFN2/c14-11-8-10(4-5-12(11)15)13(9-16)17-6-2-1-3-7-17/h4-5,8,13H,1-3,6-7H2. The van der Waals surface area contributed by atoms with Crippen LogP contribution in [0.5, 0.6) is 0 Å². The van der Waals surface area contributed by atoms with E-state index in [0.717, 1.165) is 31.5 Å². The van der Waals surface area contributed by atoms with Gasteiger partial charge in [0.2, 0.25) is 0 Å². The average molecular weight is 297 g/mol. The lowest BCUT2D eigenvalue weighted by molar-refractivity contribution is 0.196. The normalized spacial score (nSPS) is 18.6. The van der Waals surface area contributed by atoms with Crippen molar-refractivity contribution in [1.29, 1.82) is 5.26 Å². The van der Waals surface area contributed by atoms with Crippen LogP contribution in [0.2, 0.25) is 0 Å². The largest absolute Gasteiger partial charge is 0.284 e. The molecule has 1 atom stereocenters. The number of hydrogen-bond donors (Lipinski definition) is 0. The first kappa shape index (κ1) is 12.5. The Balaban J connectivity index is 2.22. The maximum Gasteiger partial charge on any atom is 0.137 e. The minimum atomic E-state index is -0.288. The molecule has 0 saturated carbocycles. The molecule has 0 aliphatic carbocycles. The van der Waals surface area contributed by atoms with Gasteiger partial charge in [0.15, 0.2) is 0 Å². The van der Waals surface area contributed by atoms with Crippen LogP contribution in [0.1, 0.15) is 30.9 Å². The van der Waals surface area contributed by atoms with Crippen molar-refractivity contribution in [3.63, 3.8) is 0 Å². The number of benzene rings is 1. The number of halogens is 2. The summed E-state index contributed by atoms with van der Waals surface area (Å²) >= 11 is 3.16. The summed E-state index contributed by atoms with van der Waals surface area (Å²) in [6, 6.07) is 6.87. The third-order valence-electron chi connectivity index (χ3n) is 3.14. The van der Waals surface area contributed by atoms with Crippen LogP contribution >= 0.6 is 15.9 Å². The molecule has 2 rings (SSSR count). The average Bonchev–Trinajstić information content (AvgIpc) is 2.36. The van der Waals surface area contributed by atoms with Gasteiger partial charge in [-0.05, 0) is 59.6 Å². The van der Waals surface area contributed by atoms with Gasteiger partial charge in [-0.1, -0.05) is 12.5 Å². The first-order chi connectivity index (χ1) is 8.22. The molecule has 0 radical (unpaired) electrons. The van der Waals surface area contributed by atoms with E-state index in [1.165, 1.54) is 12.5 Å². The molecule has 1 aliphatic heterocycles. The van der Waals surface area contributed by atoms with Crippen molar-refractivity contribution in [2.45, 2.75) is 25.3 Å². The van der Waals surface area contributed by atoms with Crippen molar-refractivity contribution in [3.8, 4) is 6.07 Å². The van der Waals surface area contributed by atoms with Crippen LogP contribution in [0.15, 0.2) is 22.7 Å². The highest BCUT2D eigenvalue weighted by atomic mass is 79.9. The van der Waals surface area contributed by atoms with E-state index in [4.69, 9.17) is 0 Å². The smallest absolute Gasteiger partial charge is 0.137 e. The van der Waals surface area contributed by atoms with E-state index in [2.05, 4.69) is 26.9 Å². The zero-order valence-electron chi connectivity index (χ0n) is 9.50. The Kier molecular flexibility index (Phi) is 4.14. The SMILES string of the molecule is N#CC(c1ccc(F)c(Br)c1)N1CCCCC1. The van der Waals surface area contributed by atoms with Gasteiger partial charge in [-0.2, -0.15) is 5.26 Å². The van der Waals surface area contributed by atoms with E-state index in [0.29, 0.717) is 4.47 Å². The van der Waals surface area contributed by atoms with Crippen LogP contribution in [-0.4, -0.2) is 18.0 Å².